The zero-order valence-electron chi connectivity index (χ0n) is 10.5. The number of hydrogen-bond acceptors (Lipinski definition) is 5. The molecule has 1 N–H and O–H groups in total. The van der Waals surface area contributed by atoms with Crippen molar-refractivity contribution in [1.29, 1.82) is 0 Å². The number of nitrogens with zero attached hydrogens (tertiary/aromatic N) is 2. The predicted molar refractivity (Wildman–Crippen MR) is 75.5 cm³/mol. The van der Waals surface area contributed by atoms with E-state index < -0.39 is 5.97 Å². The minimum absolute atomic E-state index is 0.165. The lowest BCUT2D eigenvalue weighted by molar-refractivity contribution is 0.0593. The minimum Gasteiger partial charge on any atom is -0.464 e. The second kappa shape index (κ2) is 5.79. The van der Waals surface area contributed by atoms with Crippen molar-refractivity contribution in [2.24, 2.45) is 0 Å². The van der Waals surface area contributed by atoms with Crippen molar-refractivity contribution < 1.29 is 9.53 Å². The highest BCUT2D eigenvalue weighted by molar-refractivity contribution is 9.10. The monoisotopic (exact) mass is 321 g/mol. The number of ether oxygens (including phenoxy) is 1. The summed E-state index contributed by atoms with van der Waals surface area (Å²) in [5.41, 5.74) is 2.16. The summed E-state index contributed by atoms with van der Waals surface area (Å²) in [5.74, 6) is -0.0279. The van der Waals surface area contributed by atoms with Crippen molar-refractivity contribution in [3.05, 3.63) is 46.3 Å². The fraction of sp³-hybridized carbons (Fsp3) is 0.154. The Kier molecular flexibility index (Phi) is 4.11. The SMILES string of the molecule is COC(=O)c1cncc(Nc2ccc(C)c(Br)c2)n1. The van der Waals surface area contributed by atoms with Gasteiger partial charge in [0, 0.05) is 10.2 Å². The first-order valence-corrected chi connectivity index (χ1v) is 6.33. The molecule has 98 valence electrons. The number of hydrogen-bond donors (Lipinski definition) is 1. The summed E-state index contributed by atoms with van der Waals surface area (Å²) < 4.78 is 5.59. The minimum atomic E-state index is -0.513. The van der Waals surface area contributed by atoms with E-state index >= 15 is 0 Å². The molecule has 0 aliphatic rings. The summed E-state index contributed by atoms with van der Waals surface area (Å²) >= 11 is 3.46. The van der Waals surface area contributed by atoms with Gasteiger partial charge < -0.3 is 10.1 Å². The smallest absolute Gasteiger partial charge is 0.358 e. The number of nitrogens with one attached hydrogen (secondary N) is 1. The number of carbonyl (C=O) groups excluding carboxylic acids is 1. The zero-order valence-corrected chi connectivity index (χ0v) is 12.1. The molecule has 0 fully saturated rings. The third-order valence-corrected chi connectivity index (χ3v) is 3.33. The van der Waals surface area contributed by atoms with Gasteiger partial charge in [0.15, 0.2) is 5.69 Å². The molecule has 19 heavy (non-hydrogen) atoms. The third-order valence-electron chi connectivity index (χ3n) is 2.47. The average Bonchev–Trinajstić information content (AvgIpc) is 2.42. The van der Waals surface area contributed by atoms with Crippen LogP contribution in [0, 0.1) is 6.92 Å². The van der Waals surface area contributed by atoms with Crippen LogP contribution < -0.4 is 5.32 Å². The Morgan fingerprint density at radius 1 is 1.37 bits per heavy atom. The quantitative estimate of drug-likeness (QED) is 0.880. The van der Waals surface area contributed by atoms with Gasteiger partial charge in [-0.15, -0.1) is 0 Å². The van der Waals surface area contributed by atoms with Gasteiger partial charge in [0.05, 0.1) is 19.5 Å². The van der Waals surface area contributed by atoms with Crippen molar-refractivity contribution in [3.63, 3.8) is 0 Å². The molecule has 5 nitrogen and oxygen atoms in total. The summed E-state index contributed by atoms with van der Waals surface area (Å²) in [5, 5.41) is 3.08. The lowest BCUT2D eigenvalue weighted by Gasteiger charge is -2.07. The first-order valence-electron chi connectivity index (χ1n) is 5.53. The van der Waals surface area contributed by atoms with Crippen LogP contribution in [0.5, 0.6) is 0 Å². The number of esters is 1. The molecule has 0 aliphatic heterocycles. The van der Waals surface area contributed by atoms with Crippen LogP contribution in [0.3, 0.4) is 0 Å². The van der Waals surface area contributed by atoms with E-state index in [1.54, 1.807) is 6.20 Å². The zero-order chi connectivity index (χ0) is 13.8. The van der Waals surface area contributed by atoms with E-state index in [9.17, 15) is 4.79 Å². The van der Waals surface area contributed by atoms with E-state index in [0.717, 1.165) is 15.7 Å². The normalized spacial score (nSPS) is 10.1. The molecule has 1 aromatic heterocycles. The first-order chi connectivity index (χ1) is 9.10. The van der Waals surface area contributed by atoms with Crippen LogP contribution in [0.15, 0.2) is 35.1 Å². The van der Waals surface area contributed by atoms with Gasteiger partial charge in [0.2, 0.25) is 0 Å². The Bertz CT molecular complexity index is 617. The largest absolute Gasteiger partial charge is 0.464 e. The molecule has 0 aliphatic carbocycles. The van der Waals surface area contributed by atoms with Crippen LogP contribution in [0.2, 0.25) is 0 Å². The van der Waals surface area contributed by atoms with Gasteiger partial charge in [-0.3, -0.25) is 4.98 Å². The van der Waals surface area contributed by atoms with E-state index in [0.29, 0.717) is 5.82 Å². The van der Waals surface area contributed by atoms with Crippen LogP contribution in [-0.2, 0) is 4.74 Å². The Balaban J connectivity index is 2.23. The number of carbonyl (C=O) groups is 1. The fourth-order valence-electron chi connectivity index (χ4n) is 1.45. The van der Waals surface area contributed by atoms with Gasteiger partial charge in [-0.2, -0.15) is 0 Å². The molecule has 2 aromatic rings. The van der Waals surface area contributed by atoms with Crippen molar-refractivity contribution in [2.75, 3.05) is 12.4 Å². The van der Waals surface area contributed by atoms with Gasteiger partial charge in [0.1, 0.15) is 5.82 Å². The Morgan fingerprint density at radius 2 is 2.16 bits per heavy atom. The number of benzene rings is 1. The van der Waals surface area contributed by atoms with Crippen LogP contribution in [0.1, 0.15) is 16.1 Å². The highest BCUT2D eigenvalue weighted by Gasteiger charge is 2.08. The van der Waals surface area contributed by atoms with Crippen molar-refractivity contribution >= 4 is 33.4 Å². The van der Waals surface area contributed by atoms with E-state index in [4.69, 9.17) is 0 Å². The van der Waals surface area contributed by atoms with Crippen LogP contribution in [0.4, 0.5) is 11.5 Å². The number of methoxy groups -OCH3 is 1. The lowest BCUT2D eigenvalue weighted by atomic mass is 10.2. The maximum atomic E-state index is 11.4. The number of anilines is 2. The second-order valence-electron chi connectivity index (χ2n) is 3.87. The fourth-order valence-corrected chi connectivity index (χ4v) is 1.83. The molecule has 0 spiro atoms. The maximum Gasteiger partial charge on any atom is 0.358 e. The summed E-state index contributed by atoms with van der Waals surface area (Å²) in [4.78, 5) is 19.4. The van der Waals surface area contributed by atoms with E-state index in [-0.39, 0.29) is 5.69 Å². The molecule has 0 saturated carbocycles. The molecule has 0 radical (unpaired) electrons. The van der Waals surface area contributed by atoms with E-state index in [1.807, 2.05) is 25.1 Å². The molecule has 1 heterocycles. The number of aryl methyl sites for hydroxylation is 1. The molecular formula is C13H12BrN3O2. The van der Waals surface area contributed by atoms with Gasteiger partial charge in [0.25, 0.3) is 0 Å². The van der Waals surface area contributed by atoms with Gasteiger partial charge >= 0.3 is 5.97 Å². The Hall–Kier alpha value is -1.95. The molecule has 6 heteroatoms. The van der Waals surface area contributed by atoms with E-state index in [1.165, 1.54) is 13.3 Å². The van der Waals surface area contributed by atoms with E-state index in [2.05, 4.69) is 36.0 Å². The summed E-state index contributed by atoms with van der Waals surface area (Å²) in [6.07, 6.45) is 2.91. The molecule has 0 amide bonds. The molecular weight excluding hydrogens is 310 g/mol. The Morgan fingerprint density at radius 3 is 2.84 bits per heavy atom. The number of halogens is 1. The van der Waals surface area contributed by atoms with Crippen molar-refractivity contribution in [1.82, 2.24) is 9.97 Å². The first kappa shape index (κ1) is 13.5. The highest BCUT2D eigenvalue weighted by atomic mass is 79.9. The second-order valence-corrected chi connectivity index (χ2v) is 4.72. The molecule has 0 saturated heterocycles. The summed E-state index contributed by atoms with van der Waals surface area (Å²) in [6, 6.07) is 5.83. The lowest BCUT2D eigenvalue weighted by Crippen LogP contribution is -2.06. The van der Waals surface area contributed by atoms with Crippen LogP contribution in [0.25, 0.3) is 0 Å². The summed E-state index contributed by atoms with van der Waals surface area (Å²) in [7, 11) is 1.31. The molecule has 0 unspecified atom stereocenters. The van der Waals surface area contributed by atoms with Gasteiger partial charge in [-0.05, 0) is 24.6 Å². The van der Waals surface area contributed by atoms with Gasteiger partial charge in [-0.25, -0.2) is 9.78 Å². The molecule has 0 atom stereocenters. The highest BCUT2D eigenvalue weighted by Crippen LogP contribution is 2.22. The maximum absolute atomic E-state index is 11.4. The Labute approximate surface area is 119 Å². The number of rotatable bonds is 3. The van der Waals surface area contributed by atoms with Gasteiger partial charge in [-0.1, -0.05) is 22.0 Å². The third kappa shape index (κ3) is 3.29. The summed E-state index contributed by atoms with van der Waals surface area (Å²) in [6.45, 7) is 2.01. The van der Waals surface area contributed by atoms with Crippen molar-refractivity contribution in [3.8, 4) is 0 Å². The van der Waals surface area contributed by atoms with Crippen molar-refractivity contribution in [2.45, 2.75) is 6.92 Å². The predicted octanol–water partition coefficient (Wildman–Crippen LogP) is 3.08. The number of aromatic nitrogens is 2. The van der Waals surface area contributed by atoms with Crippen LogP contribution in [-0.4, -0.2) is 23.0 Å². The molecule has 2 rings (SSSR count). The molecule has 0 bridgehead atoms. The topological polar surface area (TPSA) is 64.1 Å². The molecule has 1 aromatic carbocycles. The van der Waals surface area contributed by atoms with Crippen LogP contribution >= 0.6 is 15.9 Å². The average molecular weight is 322 g/mol. The standard InChI is InChI=1S/C13H12BrN3O2/c1-8-3-4-9(5-10(8)14)16-12-7-15-6-11(17-12)13(18)19-2/h3-7H,1-2H3,(H,16,17).